The Morgan fingerprint density at radius 1 is 1.00 bits per heavy atom. The summed E-state index contributed by atoms with van der Waals surface area (Å²) in [6, 6.07) is 20.7. The van der Waals surface area contributed by atoms with Gasteiger partial charge in [-0.05, 0) is 42.5 Å². The Morgan fingerprint density at radius 2 is 1.80 bits per heavy atom. The summed E-state index contributed by atoms with van der Waals surface area (Å²) in [6.45, 7) is 0.859. The molecule has 3 aromatic carbocycles. The minimum Gasteiger partial charge on any atom is -0.508 e. The maximum Gasteiger partial charge on any atom is 0.339 e. The van der Waals surface area contributed by atoms with Crippen LogP contribution in [0.5, 0.6) is 17.2 Å². The molecule has 150 valence electrons. The Kier molecular flexibility index (Phi) is 4.20. The van der Waals surface area contributed by atoms with E-state index in [2.05, 4.69) is 0 Å². The van der Waals surface area contributed by atoms with Gasteiger partial charge < -0.3 is 19.5 Å². The van der Waals surface area contributed by atoms with Crippen LogP contribution in [0.4, 0.5) is 0 Å². The second-order valence-corrected chi connectivity index (χ2v) is 7.53. The molecule has 6 nitrogen and oxygen atoms in total. The molecule has 0 bridgehead atoms. The average Bonchev–Trinajstić information content (AvgIpc) is 3.30. The number of carbonyl (C=O) groups excluding carboxylic acids is 2. The molecule has 0 unspecified atom stereocenters. The third kappa shape index (κ3) is 3.06. The van der Waals surface area contributed by atoms with Crippen molar-refractivity contribution in [1.82, 2.24) is 4.90 Å². The molecule has 2 aliphatic rings. The number of esters is 1. The van der Waals surface area contributed by atoms with Crippen molar-refractivity contribution in [3.8, 4) is 17.2 Å². The number of amides is 1. The highest BCUT2D eigenvalue weighted by atomic mass is 16.6. The van der Waals surface area contributed by atoms with Crippen molar-refractivity contribution in [2.75, 3.05) is 13.1 Å². The Bertz CT molecular complexity index is 1140. The zero-order chi connectivity index (χ0) is 20.7. The number of likely N-dealkylation sites (tertiary alicyclic amines) is 1. The molecule has 1 fully saturated rings. The van der Waals surface area contributed by atoms with E-state index in [9.17, 15) is 14.7 Å². The van der Waals surface area contributed by atoms with Crippen molar-refractivity contribution in [3.05, 3.63) is 89.5 Å². The molecule has 30 heavy (non-hydrogen) atoms. The Morgan fingerprint density at radius 3 is 2.60 bits per heavy atom. The minimum atomic E-state index is -0.748. The Labute approximate surface area is 173 Å². The van der Waals surface area contributed by atoms with Crippen molar-refractivity contribution in [2.24, 2.45) is 0 Å². The molecule has 3 aromatic rings. The summed E-state index contributed by atoms with van der Waals surface area (Å²) in [5.41, 5.74) is 1.23. The second-order valence-electron chi connectivity index (χ2n) is 7.53. The highest BCUT2D eigenvalue weighted by Crippen LogP contribution is 2.43. The molecular weight excluding hydrogens is 382 g/mol. The fourth-order valence-electron chi connectivity index (χ4n) is 4.14. The van der Waals surface area contributed by atoms with Crippen molar-refractivity contribution >= 4 is 11.9 Å². The van der Waals surface area contributed by atoms with Crippen LogP contribution < -0.4 is 4.74 Å². The van der Waals surface area contributed by atoms with Gasteiger partial charge in [0.05, 0.1) is 12.1 Å². The number of carbonyl (C=O) groups is 2. The number of phenols is 1. The van der Waals surface area contributed by atoms with E-state index in [1.807, 2.05) is 18.2 Å². The predicted molar refractivity (Wildman–Crippen MR) is 109 cm³/mol. The SMILES string of the molecule is O=C1O[C@]2(CCN(C(=O)c3ccc(Oc4cccc(O)c4)cc3)C2)c2ccccc21. The summed E-state index contributed by atoms with van der Waals surface area (Å²) in [5.74, 6) is 0.756. The first-order chi connectivity index (χ1) is 14.5. The van der Waals surface area contributed by atoms with Crippen LogP contribution in [0.2, 0.25) is 0 Å². The number of ether oxygens (including phenoxy) is 2. The first kappa shape index (κ1) is 18.2. The summed E-state index contributed by atoms with van der Waals surface area (Å²) in [6.07, 6.45) is 0.584. The average molecular weight is 401 g/mol. The fraction of sp³-hybridized carbons (Fsp3) is 0.167. The number of aromatic hydroxyl groups is 1. The Hall–Kier alpha value is -3.80. The molecule has 1 saturated heterocycles. The molecule has 0 radical (unpaired) electrons. The van der Waals surface area contributed by atoms with Crippen LogP contribution in [-0.4, -0.2) is 35.0 Å². The molecule has 1 atom stereocenters. The van der Waals surface area contributed by atoms with Gasteiger partial charge in [0.1, 0.15) is 17.2 Å². The summed E-state index contributed by atoms with van der Waals surface area (Å²) in [7, 11) is 0. The fourth-order valence-corrected chi connectivity index (χ4v) is 4.14. The van der Waals surface area contributed by atoms with Crippen molar-refractivity contribution in [2.45, 2.75) is 12.0 Å². The topological polar surface area (TPSA) is 76.1 Å². The van der Waals surface area contributed by atoms with Gasteiger partial charge in [-0.1, -0.05) is 24.3 Å². The Balaban J connectivity index is 1.31. The van der Waals surface area contributed by atoms with Gasteiger partial charge in [0.25, 0.3) is 5.91 Å². The normalized spacial score (nSPS) is 19.6. The van der Waals surface area contributed by atoms with Crippen LogP contribution in [0.3, 0.4) is 0 Å². The van der Waals surface area contributed by atoms with E-state index < -0.39 is 5.60 Å². The smallest absolute Gasteiger partial charge is 0.339 e. The van der Waals surface area contributed by atoms with Crippen molar-refractivity contribution < 1.29 is 24.2 Å². The quantitative estimate of drug-likeness (QED) is 0.669. The molecular formula is C24H19NO5. The molecule has 0 saturated carbocycles. The number of nitrogens with zero attached hydrogens (tertiary/aromatic N) is 1. The van der Waals surface area contributed by atoms with Gasteiger partial charge in [0.15, 0.2) is 5.60 Å². The van der Waals surface area contributed by atoms with Gasteiger partial charge in [-0.2, -0.15) is 0 Å². The lowest BCUT2D eigenvalue weighted by atomic mass is 9.91. The maximum absolute atomic E-state index is 13.0. The van der Waals surface area contributed by atoms with E-state index >= 15 is 0 Å². The summed E-state index contributed by atoms with van der Waals surface area (Å²) in [4.78, 5) is 27.0. The summed E-state index contributed by atoms with van der Waals surface area (Å²) < 4.78 is 11.4. The highest BCUT2D eigenvalue weighted by molar-refractivity contribution is 5.96. The van der Waals surface area contributed by atoms with Crippen molar-refractivity contribution in [3.63, 3.8) is 0 Å². The summed E-state index contributed by atoms with van der Waals surface area (Å²) in [5, 5.41) is 9.53. The predicted octanol–water partition coefficient (Wildman–Crippen LogP) is 4.10. The molecule has 0 aromatic heterocycles. The van der Waals surface area contributed by atoms with Gasteiger partial charge in [0.2, 0.25) is 0 Å². The number of phenolic OH excluding ortho intramolecular Hbond substituents is 1. The molecule has 2 heterocycles. The third-order valence-corrected chi connectivity index (χ3v) is 5.60. The third-order valence-electron chi connectivity index (χ3n) is 5.60. The largest absolute Gasteiger partial charge is 0.508 e. The van der Waals surface area contributed by atoms with Crippen LogP contribution in [0, 0.1) is 0 Å². The second kappa shape index (κ2) is 6.91. The minimum absolute atomic E-state index is 0.115. The zero-order valence-corrected chi connectivity index (χ0v) is 16.1. The molecule has 1 amide bonds. The lowest BCUT2D eigenvalue weighted by Gasteiger charge is -2.24. The van der Waals surface area contributed by atoms with Gasteiger partial charge in [-0.15, -0.1) is 0 Å². The molecule has 5 rings (SSSR count). The standard InChI is InChI=1S/C24H19NO5/c26-17-4-3-5-19(14-17)29-18-10-8-16(9-11-18)22(27)25-13-12-24(15-25)21-7-2-1-6-20(21)23(28)30-24/h1-11,14,26H,12-13,15H2/t24-/m0/s1. The van der Waals surface area contributed by atoms with Crippen LogP contribution in [0.25, 0.3) is 0 Å². The number of rotatable bonds is 3. The monoisotopic (exact) mass is 401 g/mol. The van der Waals surface area contributed by atoms with Gasteiger partial charge in [0, 0.05) is 30.2 Å². The molecule has 1 spiro atoms. The molecule has 6 heteroatoms. The lowest BCUT2D eigenvalue weighted by Crippen LogP contribution is -2.34. The van der Waals surface area contributed by atoms with E-state index in [0.717, 1.165) is 5.56 Å². The first-order valence-corrected chi connectivity index (χ1v) is 9.73. The number of hydrogen-bond acceptors (Lipinski definition) is 5. The van der Waals surface area contributed by atoms with Crippen LogP contribution in [0.1, 0.15) is 32.7 Å². The van der Waals surface area contributed by atoms with E-state index in [1.54, 1.807) is 53.4 Å². The van der Waals surface area contributed by atoms with Crippen LogP contribution in [0.15, 0.2) is 72.8 Å². The maximum atomic E-state index is 13.0. The highest BCUT2D eigenvalue weighted by Gasteiger charge is 2.50. The number of hydrogen-bond donors (Lipinski definition) is 1. The van der Waals surface area contributed by atoms with E-state index in [-0.39, 0.29) is 17.6 Å². The molecule has 1 N–H and O–H groups in total. The zero-order valence-electron chi connectivity index (χ0n) is 16.1. The summed E-state index contributed by atoms with van der Waals surface area (Å²) >= 11 is 0. The number of fused-ring (bicyclic) bond motifs is 2. The van der Waals surface area contributed by atoms with Crippen LogP contribution >= 0.6 is 0 Å². The first-order valence-electron chi connectivity index (χ1n) is 9.73. The molecule has 2 aliphatic heterocycles. The number of benzene rings is 3. The van der Waals surface area contributed by atoms with E-state index in [4.69, 9.17) is 9.47 Å². The lowest BCUT2D eigenvalue weighted by molar-refractivity contribution is -0.00306. The van der Waals surface area contributed by atoms with Gasteiger partial charge in [-0.3, -0.25) is 4.79 Å². The van der Waals surface area contributed by atoms with Gasteiger partial charge >= 0.3 is 5.97 Å². The van der Waals surface area contributed by atoms with Gasteiger partial charge in [-0.25, -0.2) is 4.79 Å². The molecule has 0 aliphatic carbocycles. The van der Waals surface area contributed by atoms with Crippen LogP contribution in [-0.2, 0) is 10.3 Å². The van der Waals surface area contributed by atoms with Crippen molar-refractivity contribution in [1.29, 1.82) is 0 Å². The van der Waals surface area contributed by atoms with E-state index in [1.165, 1.54) is 6.07 Å². The van der Waals surface area contributed by atoms with E-state index in [0.29, 0.717) is 42.1 Å².